The van der Waals surface area contributed by atoms with Gasteiger partial charge in [-0.1, -0.05) is 13.8 Å². The number of fused-ring (bicyclic) bond motifs is 1. The van der Waals surface area contributed by atoms with E-state index < -0.39 is 0 Å². The molecule has 3 nitrogen and oxygen atoms in total. The van der Waals surface area contributed by atoms with Gasteiger partial charge < -0.3 is 10.1 Å². The van der Waals surface area contributed by atoms with E-state index in [1.165, 1.54) is 34.8 Å². The second-order valence-corrected chi connectivity index (χ2v) is 8.28. The summed E-state index contributed by atoms with van der Waals surface area (Å²) in [6, 6.07) is 0.451. The Kier molecular flexibility index (Phi) is 3.68. The zero-order valence-electron chi connectivity index (χ0n) is 13.1. The van der Waals surface area contributed by atoms with E-state index in [-0.39, 0.29) is 5.60 Å². The minimum atomic E-state index is -0.150. The van der Waals surface area contributed by atoms with Crippen LogP contribution in [0.25, 0.3) is 0 Å². The van der Waals surface area contributed by atoms with Gasteiger partial charge in [0, 0.05) is 17.5 Å². The third-order valence-corrected chi connectivity index (χ3v) is 6.17. The van der Waals surface area contributed by atoms with Gasteiger partial charge in [0.1, 0.15) is 10.6 Å². The minimum absolute atomic E-state index is 0.150. The maximum Gasteiger partial charge on any atom is 0.125 e. The van der Waals surface area contributed by atoms with E-state index in [1.807, 2.05) is 11.3 Å². The van der Waals surface area contributed by atoms with Crippen molar-refractivity contribution in [3.8, 4) is 0 Å². The van der Waals surface area contributed by atoms with Gasteiger partial charge in [-0.3, -0.25) is 0 Å². The summed E-state index contributed by atoms with van der Waals surface area (Å²) in [6.07, 6.45) is 5.82. The van der Waals surface area contributed by atoms with Crippen molar-refractivity contribution in [1.29, 1.82) is 0 Å². The Balaban J connectivity index is 1.95. The van der Waals surface area contributed by atoms with E-state index in [2.05, 4.69) is 33.1 Å². The average molecular weight is 294 g/mol. The van der Waals surface area contributed by atoms with Crippen LogP contribution in [0, 0.1) is 5.41 Å². The summed E-state index contributed by atoms with van der Waals surface area (Å²) in [5.74, 6) is 0. The molecule has 4 heteroatoms. The molecule has 0 saturated carbocycles. The quantitative estimate of drug-likeness (QED) is 0.901. The number of hydrogen-bond donors (Lipinski definition) is 1. The first-order valence-electron chi connectivity index (χ1n) is 7.75. The fourth-order valence-electron chi connectivity index (χ4n) is 3.50. The number of hydrogen-bond acceptors (Lipinski definition) is 4. The lowest BCUT2D eigenvalue weighted by molar-refractivity contribution is -0.0703. The predicted molar refractivity (Wildman–Crippen MR) is 83.2 cm³/mol. The van der Waals surface area contributed by atoms with Crippen LogP contribution in [0.1, 0.15) is 68.1 Å². The molecule has 1 saturated heterocycles. The van der Waals surface area contributed by atoms with Crippen LogP contribution in [-0.4, -0.2) is 18.6 Å². The standard InChI is InChI=1S/C16H26N2OS/c1-15(2)9-11(17-4)13-12(10-15)18-14(20-13)16(3)7-5-6-8-19-16/h11,17H,5-10H2,1-4H3. The summed E-state index contributed by atoms with van der Waals surface area (Å²) in [6.45, 7) is 7.79. The molecule has 1 fully saturated rings. The topological polar surface area (TPSA) is 34.2 Å². The Labute approximate surface area is 126 Å². The van der Waals surface area contributed by atoms with Crippen molar-refractivity contribution in [3.63, 3.8) is 0 Å². The lowest BCUT2D eigenvalue weighted by atomic mass is 9.76. The lowest BCUT2D eigenvalue weighted by Crippen LogP contribution is -2.31. The highest BCUT2D eigenvalue weighted by atomic mass is 32.1. The summed E-state index contributed by atoms with van der Waals surface area (Å²) < 4.78 is 6.08. The molecule has 0 bridgehead atoms. The van der Waals surface area contributed by atoms with E-state index in [0.717, 1.165) is 19.4 Å². The minimum Gasteiger partial charge on any atom is -0.368 e. The largest absolute Gasteiger partial charge is 0.368 e. The predicted octanol–water partition coefficient (Wildman–Crippen LogP) is 3.79. The van der Waals surface area contributed by atoms with Gasteiger partial charge in [0.2, 0.25) is 0 Å². The maximum absolute atomic E-state index is 6.08. The Bertz CT molecular complexity index is 489. The molecule has 2 aliphatic rings. The molecular formula is C16H26N2OS. The summed E-state index contributed by atoms with van der Waals surface area (Å²) in [5.41, 5.74) is 1.49. The molecule has 2 unspecified atom stereocenters. The van der Waals surface area contributed by atoms with E-state index in [4.69, 9.17) is 9.72 Å². The highest BCUT2D eigenvalue weighted by Gasteiger charge is 2.39. The fourth-order valence-corrected chi connectivity index (χ4v) is 4.82. The van der Waals surface area contributed by atoms with Crippen LogP contribution in [-0.2, 0) is 16.8 Å². The molecule has 1 aliphatic heterocycles. The second kappa shape index (κ2) is 5.08. The van der Waals surface area contributed by atoms with Crippen molar-refractivity contribution in [1.82, 2.24) is 10.3 Å². The molecule has 2 atom stereocenters. The van der Waals surface area contributed by atoms with E-state index in [0.29, 0.717) is 11.5 Å². The van der Waals surface area contributed by atoms with E-state index in [1.54, 1.807) is 0 Å². The molecule has 0 spiro atoms. The number of nitrogens with one attached hydrogen (secondary N) is 1. The van der Waals surface area contributed by atoms with Crippen molar-refractivity contribution in [2.24, 2.45) is 5.41 Å². The third-order valence-electron chi connectivity index (χ3n) is 4.72. The van der Waals surface area contributed by atoms with Crippen molar-refractivity contribution in [3.05, 3.63) is 15.6 Å². The molecule has 1 N–H and O–H groups in total. The maximum atomic E-state index is 6.08. The van der Waals surface area contributed by atoms with Crippen LogP contribution in [0.3, 0.4) is 0 Å². The molecule has 0 amide bonds. The number of aromatic nitrogens is 1. The van der Waals surface area contributed by atoms with Crippen molar-refractivity contribution >= 4 is 11.3 Å². The van der Waals surface area contributed by atoms with Gasteiger partial charge in [-0.05, 0) is 51.5 Å². The number of rotatable bonds is 2. The molecular weight excluding hydrogens is 268 g/mol. The van der Waals surface area contributed by atoms with E-state index in [9.17, 15) is 0 Å². The molecule has 1 aromatic heterocycles. The first kappa shape index (κ1) is 14.5. The van der Waals surface area contributed by atoms with Gasteiger partial charge in [-0.25, -0.2) is 4.98 Å². The van der Waals surface area contributed by atoms with Crippen molar-refractivity contribution in [2.45, 2.75) is 64.5 Å². The number of nitrogens with zero attached hydrogens (tertiary/aromatic N) is 1. The number of ether oxygens (including phenoxy) is 1. The van der Waals surface area contributed by atoms with Gasteiger partial charge in [0.25, 0.3) is 0 Å². The Morgan fingerprint density at radius 3 is 2.75 bits per heavy atom. The van der Waals surface area contributed by atoms with Gasteiger partial charge in [-0.2, -0.15) is 0 Å². The van der Waals surface area contributed by atoms with Gasteiger partial charge in [-0.15, -0.1) is 11.3 Å². The van der Waals surface area contributed by atoms with Gasteiger partial charge in [0.05, 0.1) is 5.69 Å². The molecule has 1 aromatic rings. The zero-order valence-corrected chi connectivity index (χ0v) is 13.9. The molecule has 2 heterocycles. The van der Waals surface area contributed by atoms with Crippen molar-refractivity contribution < 1.29 is 4.74 Å². The molecule has 112 valence electrons. The molecule has 0 radical (unpaired) electrons. The Morgan fingerprint density at radius 1 is 1.30 bits per heavy atom. The van der Waals surface area contributed by atoms with Gasteiger partial charge in [0.15, 0.2) is 0 Å². The summed E-state index contributed by atoms with van der Waals surface area (Å²) >= 11 is 1.88. The first-order valence-corrected chi connectivity index (χ1v) is 8.56. The molecule has 20 heavy (non-hydrogen) atoms. The van der Waals surface area contributed by atoms with Crippen LogP contribution < -0.4 is 5.32 Å². The fraction of sp³-hybridized carbons (Fsp3) is 0.812. The van der Waals surface area contributed by atoms with Crippen LogP contribution in [0.2, 0.25) is 0 Å². The lowest BCUT2D eigenvalue weighted by Gasteiger charge is -2.34. The Hall–Kier alpha value is -0.450. The van der Waals surface area contributed by atoms with Crippen LogP contribution >= 0.6 is 11.3 Å². The normalized spacial score (nSPS) is 32.9. The third kappa shape index (κ3) is 2.53. The zero-order chi connectivity index (χ0) is 14.4. The van der Waals surface area contributed by atoms with E-state index >= 15 is 0 Å². The molecule has 1 aliphatic carbocycles. The monoisotopic (exact) mass is 294 g/mol. The van der Waals surface area contributed by atoms with Crippen molar-refractivity contribution in [2.75, 3.05) is 13.7 Å². The number of thiazole rings is 1. The molecule has 0 aromatic carbocycles. The smallest absolute Gasteiger partial charge is 0.125 e. The second-order valence-electron chi connectivity index (χ2n) is 7.25. The average Bonchev–Trinajstić information content (AvgIpc) is 2.81. The Morgan fingerprint density at radius 2 is 2.10 bits per heavy atom. The van der Waals surface area contributed by atoms with Crippen LogP contribution in [0.15, 0.2) is 0 Å². The highest BCUT2D eigenvalue weighted by Crippen LogP contribution is 2.46. The molecule has 3 rings (SSSR count). The summed E-state index contributed by atoms with van der Waals surface area (Å²) in [4.78, 5) is 6.44. The van der Waals surface area contributed by atoms with Crippen LogP contribution in [0.5, 0.6) is 0 Å². The first-order chi connectivity index (χ1) is 9.43. The summed E-state index contributed by atoms with van der Waals surface area (Å²) in [7, 11) is 2.06. The van der Waals surface area contributed by atoms with Gasteiger partial charge >= 0.3 is 0 Å². The summed E-state index contributed by atoms with van der Waals surface area (Å²) in [5, 5.41) is 4.67. The van der Waals surface area contributed by atoms with Crippen LogP contribution in [0.4, 0.5) is 0 Å². The SMILES string of the molecule is CNC1CC(C)(C)Cc2nc(C3(C)CCCCO3)sc21. The highest BCUT2D eigenvalue weighted by molar-refractivity contribution is 7.12.